The van der Waals surface area contributed by atoms with Crippen molar-refractivity contribution in [1.29, 1.82) is 0 Å². The minimum absolute atomic E-state index is 0.121. The SMILES string of the molecule is CCCCCCCCCCCCCCCCCCCCCC(=O)NCCC[C@@H]1O[C@H](CO)[C@@H](O)[C@H]1OC. The van der Waals surface area contributed by atoms with Gasteiger partial charge in [-0.3, -0.25) is 4.79 Å². The van der Waals surface area contributed by atoms with Crippen LogP contribution in [0.2, 0.25) is 0 Å². The number of rotatable bonds is 26. The van der Waals surface area contributed by atoms with Gasteiger partial charge in [0.15, 0.2) is 0 Å². The monoisotopic (exact) mass is 527 g/mol. The molecule has 0 saturated carbocycles. The van der Waals surface area contributed by atoms with Gasteiger partial charge in [0.1, 0.15) is 18.3 Å². The van der Waals surface area contributed by atoms with E-state index >= 15 is 0 Å². The van der Waals surface area contributed by atoms with Crippen LogP contribution in [-0.4, -0.2) is 60.8 Å². The lowest BCUT2D eigenvalue weighted by molar-refractivity contribution is -0.121. The van der Waals surface area contributed by atoms with Gasteiger partial charge in [-0.2, -0.15) is 0 Å². The number of aliphatic hydroxyl groups is 2. The summed E-state index contributed by atoms with van der Waals surface area (Å²) in [4.78, 5) is 12.1. The molecule has 0 radical (unpaired) electrons. The van der Waals surface area contributed by atoms with Gasteiger partial charge in [0.25, 0.3) is 0 Å². The molecule has 0 aromatic heterocycles. The second kappa shape index (κ2) is 24.4. The third-order valence-corrected chi connectivity index (χ3v) is 7.88. The quantitative estimate of drug-likeness (QED) is 0.107. The van der Waals surface area contributed by atoms with Crippen LogP contribution in [0, 0.1) is 0 Å². The molecule has 0 aliphatic carbocycles. The molecule has 1 aliphatic rings. The Kier molecular flexibility index (Phi) is 22.6. The van der Waals surface area contributed by atoms with Gasteiger partial charge in [-0.1, -0.05) is 122 Å². The molecule has 1 heterocycles. The van der Waals surface area contributed by atoms with E-state index in [2.05, 4.69) is 12.2 Å². The standard InChI is InChI=1S/C31H61NO5/c1-3-4-5-6-7-8-9-10-11-12-13-14-15-16-17-18-19-20-21-24-29(34)32-25-22-23-27-31(36-2)30(35)28(26-33)37-27/h27-28,30-31,33,35H,3-26H2,1-2H3,(H,32,34)/t27-,28+,30+,31-/m0/s1. The maximum atomic E-state index is 12.1. The number of amides is 1. The smallest absolute Gasteiger partial charge is 0.219 e. The van der Waals surface area contributed by atoms with Crippen molar-refractivity contribution in [2.24, 2.45) is 0 Å². The summed E-state index contributed by atoms with van der Waals surface area (Å²) in [5.41, 5.74) is 0. The van der Waals surface area contributed by atoms with E-state index in [1.807, 2.05) is 0 Å². The Labute approximate surface area is 228 Å². The largest absolute Gasteiger partial charge is 0.394 e. The lowest BCUT2D eigenvalue weighted by Gasteiger charge is -2.18. The van der Waals surface area contributed by atoms with Crippen LogP contribution < -0.4 is 5.32 Å². The fourth-order valence-corrected chi connectivity index (χ4v) is 5.47. The van der Waals surface area contributed by atoms with Crippen molar-refractivity contribution in [3.8, 4) is 0 Å². The summed E-state index contributed by atoms with van der Waals surface area (Å²) in [5, 5.41) is 22.3. The molecule has 0 spiro atoms. The van der Waals surface area contributed by atoms with Gasteiger partial charge >= 0.3 is 0 Å². The molecular weight excluding hydrogens is 466 g/mol. The highest BCUT2D eigenvalue weighted by atomic mass is 16.6. The summed E-state index contributed by atoms with van der Waals surface area (Å²) < 4.78 is 11.0. The Morgan fingerprint density at radius 1 is 0.730 bits per heavy atom. The predicted octanol–water partition coefficient (Wildman–Crippen LogP) is 6.84. The molecule has 1 aliphatic heterocycles. The molecule has 6 nitrogen and oxygen atoms in total. The number of methoxy groups -OCH3 is 1. The fourth-order valence-electron chi connectivity index (χ4n) is 5.47. The van der Waals surface area contributed by atoms with Crippen molar-refractivity contribution in [1.82, 2.24) is 5.32 Å². The number of hydrogen-bond acceptors (Lipinski definition) is 5. The average Bonchev–Trinajstić information content (AvgIpc) is 3.22. The van der Waals surface area contributed by atoms with Gasteiger partial charge in [0.05, 0.1) is 12.7 Å². The Bertz CT molecular complexity index is 518. The first-order valence-electron chi connectivity index (χ1n) is 15.9. The van der Waals surface area contributed by atoms with Crippen LogP contribution in [0.15, 0.2) is 0 Å². The minimum atomic E-state index is -0.802. The molecule has 0 aromatic carbocycles. The molecule has 1 amide bonds. The van der Waals surface area contributed by atoms with E-state index in [4.69, 9.17) is 9.47 Å². The van der Waals surface area contributed by atoms with Crippen LogP contribution in [0.5, 0.6) is 0 Å². The van der Waals surface area contributed by atoms with Crippen LogP contribution in [0.3, 0.4) is 0 Å². The summed E-state index contributed by atoms with van der Waals surface area (Å²) in [7, 11) is 1.55. The van der Waals surface area contributed by atoms with Gasteiger partial charge in [0, 0.05) is 20.1 Å². The third kappa shape index (κ3) is 17.5. The van der Waals surface area contributed by atoms with E-state index in [-0.39, 0.29) is 18.6 Å². The van der Waals surface area contributed by atoms with E-state index in [0.29, 0.717) is 19.4 Å². The van der Waals surface area contributed by atoms with E-state index < -0.39 is 18.3 Å². The third-order valence-electron chi connectivity index (χ3n) is 7.88. The molecule has 0 bridgehead atoms. The number of carbonyl (C=O) groups is 1. The lowest BCUT2D eigenvalue weighted by atomic mass is 10.0. The number of nitrogens with one attached hydrogen (secondary N) is 1. The van der Waals surface area contributed by atoms with Crippen molar-refractivity contribution in [2.45, 2.75) is 173 Å². The Morgan fingerprint density at radius 2 is 1.19 bits per heavy atom. The molecule has 6 heteroatoms. The van der Waals surface area contributed by atoms with Crippen LogP contribution in [-0.2, 0) is 14.3 Å². The number of carbonyl (C=O) groups excluding carboxylic acids is 1. The summed E-state index contributed by atoms with van der Waals surface area (Å²) in [6.45, 7) is 2.67. The van der Waals surface area contributed by atoms with Gasteiger partial charge in [-0.15, -0.1) is 0 Å². The van der Waals surface area contributed by atoms with E-state index in [1.165, 1.54) is 109 Å². The number of ether oxygens (including phenoxy) is 2. The topological polar surface area (TPSA) is 88.0 Å². The second-order valence-electron chi connectivity index (χ2n) is 11.2. The summed E-state index contributed by atoms with van der Waals surface area (Å²) in [6.07, 6.45) is 25.8. The predicted molar refractivity (Wildman–Crippen MR) is 153 cm³/mol. The highest BCUT2D eigenvalue weighted by Crippen LogP contribution is 2.26. The first kappa shape index (κ1) is 34.3. The van der Waals surface area contributed by atoms with Crippen molar-refractivity contribution >= 4 is 5.91 Å². The minimum Gasteiger partial charge on any atom is -0.394 e. The molecule has 3 N–H and O–H groups in total. The van der Waals surface area contributed by atoms with Gasteiger partial charge in [-0.05, 0) is 19.3 Å². The van der Waals surface area contributed by atoms with Crippen molar-refractivity contribution in [2.75, 3.05) is 20.3 Å². The van der Waals surface area contributed by atoms with Gasteiger partial charge < -0.3 is 25.0 Å². The molecule has 1 fully saturated rings. The zero-order valence-corrected chi connectivity index (χ0v) is 24.4. The molecule has 4 atom stereocenters. The molecule has 220 valence electrons. The number of hydrogen-bond donors (Lipinski definition) is 3. The first-order valence-corrected chi connectivity index (χ1v) is 15.9. The van der Waals surface area contributed by atoms with Gasteiger partial charge in [0.2, 0.25) is 5.91 Å². The van der Waals surface area contributed by atoms with Gasteiger partial charge in [-0.25, -0.2) is 0 Å². The van der Waals surface area contributed by atoms with Crippen LogP contribution >= 0.6 is 0 Å². The van der Waals surface area contributed by atoms with Crippen molar-refractivity contribution in [3.05, 3.63) is 0 Å². The van der Waals surface area contributed by atoms with Crippen molar-refractivity contribution < 1.29 is 24.5 Å². The highest BCUT2D eigenvalue weighted by molar-refractivity contribution is 5.75. The molecule has 37 heavy (non-hydrogen) atoms. The Balaban J connectivity index is 1.80. The Hall–Kier alpha value is -0.690. The zero-order valence-electron chi connectivity index (χ0n) is 24.4. The molecule has 0 aromatic rings. The highest BCUT2D eigenvalue weighted by Gasteiger charge is 2.43. The second-order valence-corrected chi connectivity index (χ2v) is 11.2. The number of unbranched alkanes of at least 4 members (excludes halogenated alkanes) is 18. The van der Waals surface area contributed by atoms with E-state index in [0.717, 1.165) is 19.3 Å². The zero-order chi connectivity index (χ0) is 27.0. The maximum absolute atomic E-state index is 12.1. The molecule has 1 saturated heterocycles. The van der Waals surface area contributed by atoms with E-state index in [1.54, 1.807) is 7.11 Å². The van der Waals surface area contributed by atoms with E-state index in [9.17, 15) is 15.0 Å². The van der Waals surface area contributed by atoms with Crippen molar-refractivity contribution in [3.63, 3.8) is 0 Å². The normalized spacial score (nSPS) is 21.5. The number of aliphatic hydroxyl groups excluding tert-OH is 2. The summed E-state index contributed by atoms with van der Waals surface area (Å²) >= 11 is 0. The fraction of sp³-hybridized carbons (Fsp3) is 0.968. The lowest BCUT2D eigenvalue weighted by Crippen LogP contribution is -2.35. The molecule has 0 unspecified atom stereocenters. The summed E-state index contributed by atoms with van der Waals surface area (Å²) in [5.74, 6) is 0.121. The molecule has 1 rings (SSSR count). The molecular formula is C31H61NO5. The summed E-state index contributed by atoms with van der Waals surface area (Å²) in [6, 6.07) is 0. The van der Waals surface area contributed by atoms with Crippen LogP contribution in [0.4, 0.5) is 0 Å². The maximum Gasteiger partial charge on any atom is 0.219 e. The first-order chi connectivity index (χ1) is 18.1. The average molecular weight is 528 g/mol. The van der Waals surface area contributed by atoms with Crippen LogP contribution in [0.1, 0.15) is 148 Å². The van der Waals surface area contributed by atoms with Crippen LogP contribution in [0.25, 0.3) is 0 Å². The Morgan fingerprint density at radius 3 is 1.62 bits per heavy atom.